The number of aliphatic hydroxyl groups excluding tert-OH is 1. The lowest BCUT2D eigenvalue weighted by Crippen LogP contribution is -2.30. The molecule has 1 saturated carbocycles. The highest BCUT2D eigenvalue weighted by Crippen LogP contribution is 2.39. The lowest BCUT2D eigenvalue weighted by Gasteiger charge is -2.36. The van der Waals surface area contributed by atoms with Gasteiger partial charge >= 0.3 is 0 Å². The summed E-state index contributed by atoms with van der Waals surface area (Å²) in [6.45, 7) is 10.6. The fourth-order valence-electron chi connectivity index (χ4n) is 1.87. The molecule has 0 unspecified atom stereocenters. The van der Waals surface area contributed by atoms with Gasteiger partial charge in [-0.1, -0.05) is 27.4 Å². The predicted molar refractivity (Wildman–Crippen MR) is 51.9 cm³/mol. The van der Waals surface area contributed by atoms with Crippen molar-refractivity contribution >= 4 is 0 Å². The average molecular weight is 168 g/mol. The lowest BCUT2D eigenvalue weighted by molar-refractivity contribution is 0.0954. The van der Waals surface area contributed by atoms with E-state index in [0.717, 1.165) is 18.4 Å². The molecule has 0 spiro atoms. The van der Waals surface area contributed by atoms with Crippen molar-refractivity contribution < 1.29 is 5.11 Å². The molecule has 0 saturated heterocycles. The van der Waals surface area contributed by atoms with Gasteiger partial charge in [0.05, 0.1) is 6.10 Å². The Bertz CT molecular complexity index is 176. The van der Waals surface area contributed by atoms with E-state index in [1.807, 2.05) is 0 Å². The zero-order valence-electron chi connectivity index (χ0n) is 8.43. The second kappa shape index (κ2) is 3.21. The maximum atomic E-state index is 9.61. The van der Waals surface area contributed by atoms with Gasteiger partial charge in [0.25, 0.3) is 0 Å². The molecule has 0 aromatic carbocycles. The summed E-state index contributed by atoms with van der Waals surface area (Å²) < 4.78 is 0. The van der Waals surface area contributed by atoms with Crippen LogP contribution in [0.15, 0.2) is 12.2 Å². The molecule has 1 heteroatoms. The molecule has 0 aromatic heterocycles. The van der Waals surface area contributed by atoms with Crippen LogP contribution in [0.5, 0.6) is 0 Å². The fraction of sp³-hybridized carbons (Fsp3) is 0.818. The van der Waals surface area contributed by atoms with E-state index < -0.39 is 0 Å². The molecular formula is C11H20O. The molecule has 0 radical (unpaired) electrons. The van der Waals surface area contributed by atoms with Gasteiger partial charge in [-0.3, -0.25) is 0 Å². The highest BCUT2D eigenvalue weighted by Gasteiger charge is 2.31. The van der Waals surface area contributed by atoms with Crippen molar-refractivity contribution in [2.45, 2.75) is 46.1 Å². The fourth-order valence-corrected chi connectivity index (χ4v) is 1.87. The maximum Gasteiger partial charge on any atom is 0.0750 e. The van der Waals surface area contributed by atoms with E-state index in [4.69, 9.17) is 0 Å². The number of rotatable bonds is 0. The van der Waals surface area contributed by atoms with Crippen LogP contribution in [0.4, 0.5) is 0 Å². The topological polar surface area (TPSA) is 20.2 Å². The molecule has 1 N–H and O–H groups in total. The Morgan fingerprint density at radius 3 is 2.42 bits per heavy atom. The van der Waals surface area contributed by atoms with Crippen LogP contribution in [-0.2, 0) is 0 Å². The highest BCUT2D eigenvalue weighted by atomic mass is 16.3. The maximum absolute atomic E-state index is 9.61. The highest BCUT2D eigenvalue weighted by molar-refractivity contribution is 5.06. The van der Waals surface area contributed by atoms with Crippen LogP contribution in [0.1, 0.15) is 40.0 Å². The molecule has 1 aliphatic rings. The third kappa shape index (κ3) is 2.10. The second-order valence-corrected chi connectivity index (χ2v) is 5.01. The van der Waals surface area contributed by atoms with Gasteiger partial charge in [-0.25, -0.2) is 0 Å². The van der Waals surface area contributed by atoms with Crippen molar-refractivity contribution in [3.8, 4) is 0 Å². The van der Waals surface area contributed by atoms with Crippen LogP contribution >= 0.6 is 0 Å². The first-order valence-corrected chi connectivity index (χ1v) is 4.77. The Balaban J connectivity index is 2.57. The number of hydrogen-bond donors (Lipinski definition) is 1. The van der Waals surface area contributed by atoms with Crippen LogP contribution in [-0.4, -0.2) is 11.2 Å². The molecule has 0 amide bonds. The summed E-state index contributed by atoms with van der Waals surface area (Å²) in [5, 5.41) is 9.61. The Hall–Kier alpha value is -0.300. The van der Waals surface area contributed by atoms with Gasteiger partial charge in [0.1, 0.15) is 0 Å². The number of aliphatic hydroxyl groups is 1. The van der Waals surface area contributed by atoms with Crippen molar-refractivity contribution in [3.63, 3.8) is 0 Å². The molecule has 0 bridgehead atoms. The van der Waals surface area contributed by atoms with Crippen LogP contribution < -0.4 is 0 Å². The average Bonchev–Trinajstić information content (AvgIpc) is 1.92. The number of hydrogen-bond acceptors (Lipinski definition) is 1. The zero-order chi connectivity index (χ0) is 9.35. The third-order valence-corrected chi connectivity index (χ3v) is 3.02. The van der Waals surface area contributed by atoms with Crippen molar-refractivity contribution in [3.05, 3.63) is 12.2 Å². The molecule has 1 nitrogen and oxygen atoms in total. The summed E-state index contributed by atoms with van der Waals surface area (Å²) in [4.78, 5) is 0. The van der Waals surface area contributed by atoms with Gasteiger partial charge < -0.3 is 5.11 Å². The van der Waals surface area contributed by atoms with E-state index in [1.54, 1.807) is 0 Å². The largest absolute Gasteiger partial charge is 0.389 e. The van der Waals surface area contributed by atoms with Gasteiger partial charge in [-0.05, 0) is 36.2 Å². The van der Waals surface area contributed by atoms with Crippen LogP contribution in [0.2, 0.25) is 0 Å². The van der Waals surface area contributed by atoms with Crippen molar-refractivity contribution in [1.29, 1.82) is 0 Å². The van der Waals surface area contributed by atoms with E-state index in [2.05, 4.69) is 27.4 Å². The molecule has 70 valence electrons. The predicted octanol–water partition coefficient (Wildman–Crippen LogP) is 2.75. The van der Waals surface area contributed by atoms with E-state index >= 15 is 0 Å². The Morgan fingerprint density at radius 2 is 2.00 bits per heavy atom. The summed E-state index contributed by atoms with van der Waals surface area (Å²) in [6.07, 6.45) is 2.85. The minimum absolute atomic E-state index is 0.247. The van der Waals surface area contributed by atoms with E-state index in [-0.39, 0.29) is 6.10 Å². The Labute approximate surface area is 75.5 Å². The van der Waals surface area contributed by atoms with Gasteiger partial charge in [0.2, 0.25) is 0 Å². The van der Waals surface area contributed by atoms with Gasteiger partial charge in [0.15, 0.2) is 0 Å². The molecule has 0 heterocycles. The van der Waals surface area contributed by atoms with Gasteiger partial charge in [-0.15, -0.1) is 0 Å². The zero-order valence-corrected chi connectivity index (χ0v) is 8.43. The molecule has 0 aliphatic heterocycles. The molecule has 1 fully saturated rings. The first-order valence-electron chi connectivity index (χ1n) is 4.77. The minimum Gasteiger partial charge on any atom is -0.389 e. The van der Waals surface area contributed by atoms with Crippen LogP contribution in [0.3, 0.4) is 0 Å². The van der Waals surface area contributed by atoms with Gasteiger partial charge in [0, 0.05) is 0 Å². The van der Waals surface area contributed by atoms with Gasteiger partial charge in [-0.2, -0.15) is 0 Å². The Kier molecular flexibility index (Phi) is 2.62. The SMILES string of the molecule is C=C1CC[C@H](C(C)(C)C)C[C@H]1O. The standard InChI is InChI=1S/C11H20O/c1-8-5-6-9(7-10(8)12)11(2,3)4/h9-10,12H,1,5-7H2,2-4H3/t9-,10+/m0/s1. The summed E-state index contributed by atoms with van der Waals surface area (Å²) >= 11 is 0. The lowest BCUT2D eigenvalue weighted by atomic mass is 9.70. The van der Waals surface area contributed by atoms with E-state index in [9.17, 15) is 5.11 Å². The van der Waals surface area contributed by atoms with Crippen LogP contribution in [0, 0.1) is 11.3 Å². The molecule has 12 heavy (non-hydrogen) atoms. The molecule has 0 aromatic rings. The van der Waals surface area contributed by atoms with Crippen molar-refractivity contribution in [2.75, 3.05) is 0 Å². The molecule has 1 rings (SSSR count). The molecular weight excluding hydrogens is 148 g/mol. The third-order valence-electron chi connectivity index (χ3n) is 3.02. The summed E-state index contributed by atoms with van der Waals surface area (Å²) in [5.41, 5.74) is 1.36. The van der Waals surface area contributed by atoms with Crippen molar-refractivity contribution in [1.82, 2.24) is 0 Å². The quantitative estimate of drug-likeness (QED) is 0.551. The molecule has 1 aliphatic carbocycles. The Morgan fingerprint density at radius 1 is 1.42 bits per heavy atom. The summed E-state index contributed by atoms with van der Waals surface area (Å²) in [5.74, 6) is 0.651. The first-order chi connectivity index (χ1) is 5.41. The minimum atomic E-state index is -0.247. The first kappa shape index (κ1) is 9.79. The van der Waals surface area contributed by atoms with Crippen LogP contribution in [0.25, 0.3) is 0 Å². The van der Waals surface area contributed by atoms with E-state index in [0.29, 0.717) is 11.3 Å². The summed E-state index contributed by atoms with van der Waals surface area (Å²) in [7, 11) is 0. The van der Waals surface area contributed by atoms with Crippen molar-refractivity contribution in [2.24, 2.45) is 11.3 Å². The monoisotopic (exact) mass is 168 g/mol. The van der Waals surface area contributed by atoms with E-state index in [1.165, 1.54) is 6.42 Å². The molecule has 2 atom stereocenters. The smallest absolute Gasteiger partial charge is 0.0750 e. The summed E-state index contributed by atoms with van der Waals surface area (Å²) in [6, 6.07) is 0. The second-order valence-electron chi connectivity index (χ2n) is 5.01. The normalized spacial score (nSPS) is 32.2.